The van der Waals surface area contributed by atoms with Crippen LogP contribution in [0.25, 0.3) is 10.9 Å². The Bertz CT molecular complexity index is 747. The number of carbonyl (C=O) groups is 1. The lowest BCUT2D eigenvalue weighted by molar-refractivity contribution is 0.0697. The smallest absolute Gasteiger partial charge is 0.254 e. The van der Waals surface area contributed by atoms with Crippen molar-refractivity contribution in [2.24, 2.45) is 0 Å². The van der Waals surface area contributed by atoms with Crippen LogP contribution in [0.5, 0.6) is 0 Å². The largest absolute Gasteiger partial charge is 0.339 e. The number of benzene rings is 1. The Morgan fingerprint density at radius 3 is 2.70 bits per heavy atom. The van der Waals surface area contributed by atoms with Crippen LogP contribution < -0.4 is 0 Å². The average Bonchev–Trinajstić information content (AvgIpc) is 3.07. The maximum absolute atomic E-state index is 13.3. The van der Waals surface area contributed by atoms with Crippen molar-refractivity contribution in [3.63, 3.8) is 0 Å². The zero-order chi connectivity index (χ0) is 15.8. The number of fused-ring (bicyclic) bond motifs is 2. The van der Waals surface area contributed by atoms with Gasteiger partial charge in [-0.3, -0.25) is 9.78 Å². The summed E-state index contributed by atoms with van der Waals surface area (Å²) in [7, 11) is 1.99. The summed E-state index contributed by atoms with van der Waals surface area (Å²) in [5.41, 5.74) is 4.24. The van der Waals surface area contributed by atoms with E-state index in [9.17, 15) is 4.79 Å². The Labute approximate surface area is 137 Å². The molecule has 0 N–H and O–H groups in total. The van der Waals surface area contributed by atoms with Crippen LogP contribution >= 0.6 is 0 Å². The van der Waals surface area contributed by atoms with Gasteiger partial charge in [-0.2, -0.15) is 0 Å². The molecule has 4 rings (SSSR count). The standard InChI is InChI=1S/C20H24N2O/c1-22(14-8-3-2-4-9-14)20(23)19-15-10-5-6-12-17(15)21-18-13-7-11-16(18)19/h5-6,10,12,14H,2-4,7-9,11,13H2,1H3. The molecule has 1 fully saturated rings. The van der Waals surface area contributed by atoms with Crippen molar-refractivity contribution in [3.8, 4) is 0 Å². The van der Waals surface area contributed by atoms with Gasteiger partial charge in [0.05, 0.1) is 11.1 Å². The highest BCUT2D eigenvalue weighted by atomic mass is 16.2. The van der Waals surface area contributed by atoms with Gasteiger partial charge in [0.2, 0.25) is 0 Å². The lowest BCUT2D eigenvalue weighted by atomic mass is 9.93. The van der Waals surface area contributed by atoms with Crippen LogP contribution in [0.4, 0.5) is 0 Å². The van der Waals surface area contributed by atoms with Gasteiger partial charge in [0, 0.05) is 24.2 Å². The molecule has 2 aromatic rings. The maximum Gasteiger partial charge on any atom is 0.254 e. The fourth-order valence-electron chi connectivity index (χ4n) is 4.27. The van der Waals surface area contributed by atoms with Crippen LogP contribution in [0.2, 0.25) is 0 Å². The third-order valence-corrected chi connectivity index (χ3v) is 5.58. The minimum absolute atomic E-state index is 0.202. The first-order valence-electron chi connectivity index (χ1n) is 8.93. The summed E-state index contributed by atoms with van der Waals surface area (Å²) in [6.45, 7) is 0. The second-order valence-electron chi connectivity index (χ2n) is 6.99. The lowest BCUT2D eigenvalue weighted by Crippen LogP contribution is -2.38. The van der Waals surface area contributed by atoms with E-state index in [1.807, 2.05) is 30.1 Å². The number of rotatable bonds is 2. The summed E-state index contributed by atoms with van der Waals surface area (Å²) in [5, 5.41) is 1.03. The number of hydrogen-bond acceptors (Lipinski definition) is 2. The van der Waals surface area contributed by atoms with Crippen LogP contribution in [-0.4, -0.2) is 28.9 Å². The third-order valence-electron chi connectivity index (χ3n) is 5.58. The fourth-order valence-corrected chi connectivity index (χ4v) is 4.27. The summed E-state index contributed by atoms with van der Waals surface area (Å²) >= 11 is 0. The molecule has 120 valence electrons. The van der Waals surface area contributed by atoms with Gasteiger partial charge in [-0.1, -0.05) is 37.5 Å². The molecular formula is C20H24N2O. The average molecular weight is 308 g/mol. The van der Waals surface area contributed by atoms with E-state index in [4.69, 9.17) is 4.98 Å². The van der Waals surface area contributed by atoms with Crippen molar-refractivity contribution in [3.05, 3.63) is 41.1 Å². The Morgan fingerprint density at radius 2 is 1.87 bits per heavy atom. The van der Waals surface area contributed by atoms with Crippen LogP contribution in [0, 0.1) is 0 Å². The van der Waals surface area contributed by atoms with E-state index in [1.54, 1.807) is 0 Å². The predicted octanol–water partition coefficient (Wildman–Crippen LogP) is 4.13. The van der Waals surface area contributed by atoms with Crippen molar-refractivity contribution in [1.82, 2.24) is 9.88 Å². The first kappa shape index (κ1) is 14.7. The van der Waals surface area contributed by atoms with Gasteiger partial charge in [-0.25, -0.2) is 0 Å². The molecule has 23 heavy (non-hydrogen) atoms. The van der Waals surface area contributed by atoms with Crippen molar-refractivity contribution in [2.75, 3.05) is 7.05 Å². The summed E-state index contributed by atoms with van der Waals surface area (Å²) in [4.78, 5) is 20.1. The van der Waals surface area contributed by atoms with E-state index >= 15 is 0 Å². The molecule has 2 aliphatic carbocycles. The first-order chi connectivity index (χ1) is 11.3. The topological polar surface area (TPSA) is 33.2 Å². The van der Waals surface area contributed by atoms with Gasteiger partial charge in [0.1, 0.15) is 0 Å². The molecule has 1 aromatic heterocycles. The number of aromatic nitrogens is 1. The molecule has 1 amide bonds. The molecule has 0 unspecified atom stereocenters. The first-order valence-corrected chi connectivity index (χ1v) is 8.93. The van der Waals surface area contributed by atoms with Crippen LogP contribution in [-0.2, 0) is 12.8 Å². The fraction of sp³-hybridized carbons (Fsp3) is 0.500. The zero-order valence-electron chi connectivity index (χ0n) is 13.8. The monoisotopic (exact) mass is 308 g/mol. The van der Waals surface area contributed by atoms with E-state index in [0.29, 0.717) is 6.04 Å². The van der Waals surface area contributed by atoms with E-state index in [1.165, 1.54) is 24.8 Å². The molecule has 3 heteroatoms. The van der Waals surface area contributed by atoms with Crippen LogP contribution in [0.3, 0.4) is 0 Å². The van der Waals surface area contributed by atoms with Gasteiger partial charge in [0.25, 0.3) is 5.91 Å². The quantitative estimate of drug-likeness (QED) is 0.836. The van der Waals surface area contributed by atoms with Gasteiger partial charge < -0.3 is 4.90 Å². The number of pyridine rings is 1. The third kappa shape index (κ3) is 2.52. The zero-order valence-corrected chi connectivity index (χ0v) is 13.8. The summed E-state index contributed by atoms with van der Waals surface area (Å²) < 4.78 is 0. The van der Waals surface area contributed by atoms with E-state index in [2.05, 4.69) is 6.07 Å². The van der Waals surface area contributed by atoms with Gasteiger partial charge >= 0.3 is 0 Å². The van der Waals surface area contributed by atoms with E-state index in [-0.39, 0.29) is 5.91 Å². The molecule has 0 bridgehead atoms. The molecule has 1 saturated carbocycles. The second-order valence-corrected chi connectivity index (χ2v) is 6.99. The predicted molar refractivity (Wildman–Crippen MR) is 92.7 cm³/mol. The Hall–Kier alpha value is -1.90. The number of nitrogens with zero attached hydrogens (tertiary/aromatic N) is 2. The Balaban J connectivity index is 1.79. The molecule has 2 aliphatic rings. The number of carbonyl (C=O) groups excluding carboxylic acids is 1. The summed E-state index contributed by atoms with van der Waals surface area (Å²) in [6.07, 6.45) is 9.22. The van der Waals surface area contributed by atoms with Crippen LogP contribution in [0.1, 0.15) is 60.1 Å². The molecule has 0 atom stereocenters. The van der Waals surface area contributed by atoms with Gasteiger partial charge in [0.15, 0.2) is 0 Å². The molecule has 0 radical (unpaired) electrons. The SMILES string of the molecule is CN(C(=O)c1c2c(nc3ccccc13)CCC2)C1CCCCC1. The van der Waals surface area contributed by atoms with Crippen molar-refractivity contribution in [1.29, 1.82) is 0 Å². The number of aryl methyl sites for hydroxylation is 1. The molecule has 3 nitrogen and oxygen atoms in total. The highest BCUT2D eigenvalue weighted by molar-refractivity contribution is 6.07. The van der Waals surface area contributed by atoms with E-state index in [0.717, 1.165) is 54.3 Å². The molecule has 1 aromatic carbocycles. The number of hydrogen-bond donors (Lipinski definition) is 0. The van der Waals surface area contributed by atoms with Crippen molar-refractivity contribution >= 4 is 16.8 Å². The van der Waals surface area contributed by atoms with Crippen molar-refractivity contribution in [2.45, 2.75) is 57.4 Å². The molecule has 0 saturated heterocycles. The minimum Gasteiger partial charge on any atom is -0.339 e. The molecule has 0 aliphatic heterocycles. The highest BCUT2D eigenvalue weighted by Crippen LogP contribution is 2.32. The van der Waals surface area contributed by atoms with E-state index < -0.39 is 0 Å². The molecule has 1 heterocycles. The summed E-state index contributed by atoms with van der Waals surface area (Å²) in [6, 6.07) is 8.52. The number of amides is 1. The Kier molecular flexibility index (Phi) is 3.80. The van der Waals surface area contributed by atoms with Gasteiger partial charge in [-0.15, -0.1) is 0 Å². The second kappa shape index (κ2) is 5.95. The maximum atomic E-state index is 13.3. The lowest BCUT2D eigenvalue weighted by Gasteiger charge is -2.32. The molecular weight excluding hydrogens is 284 g/mol. The summed E-state index contributed by atoms with van der Waals surface area (Å²) in [5.74, 6) is 0.202. The van der Waals surface area contributed by atoms with Crippen LogP contribution in [0.15, 0.2) is 24.3 Å². The Morgan fingerprint density at radius 1 is 1.09 bits per heavy atom. The highest BCUT2D eigenvalue weighted by Gasteiger charge is 2.29. The normalized spacial score (nSPS) is 18.1. The number of para-hydroxylation sites is 1. The minimum atomic E-state index is 0.202. The molecule has 0 spiro atoms. The van der Waals surface area contributed by atoms with Gasteiger partial charge in [-0.05, 0) is 43.7 Å². The van der Waals surface area contributed by atoms with Crippen molar-refractivity contribution < 1.29 is 4.79 Å².